The van der Waals surface area contributed by atoms with E-state index in [-0.39, 0.29) is 5.69 Å². The van der Waals surface area contributed by atoms with Crippen molar-refractivity contribution in [2.45, 2.75) is 0 Å². The molecule has 0 aliphatic rings. The number of carboxylic acid groups (broad SMARTS) is 1. The SMILES string of the molecule is CS(=O)CCNc1ccc(C(=O)O)nn1. The number of hydrogen-bond donors (Lipinski definition) is 2. The summed E-state index contributed by atoms with van der Waals surface area (Å²) < 4.78 is 10.7. The summed E-state index contributed by atoms with van der Waals surface area (Å²) in [6.45, 7) is 0.518. The van der Waals surface area contributed by atoms with Crippen LogP contribution in [0.15, 0.2) is 12.1 Å². The van der Waals surface area contributed by atoms with Crippen molar-refractivity contribution in [3.05, 3.63) is 17.8 Å². The summed E-state index contributed by atoms with van der Waals surface area (Å²) in [5.41, 5.74) is -0.0976. The van der Waals surface area contributed by atoms with Gasteiger partial charge in [0.05, 0.1) is 0 Å². The van der Waals surface area contributed by atoms with Crippen LogP contribution in [-0.4, -0.2) is 44.0 Å². The summed E-state index contributed by atoms with van der Waals surface area (Å²) in [5.74, 6) is -0.114. The lowest BCUT2D eigenvalue weighted by Gasteiger charge is -2.02. The van der Waals surface area contributed by atoms with Crippen molar-refractivity contribution >= 4 is 22.6 Å². The highest BCUT2D eigenvalue weighted by Crippen LogP contribution is 2.01. The normalized spacial score (nSPS) is 12.1. The maximum atomic E-state index is 10.7. The summed E-state index contributed by atoms with van der Waals surface area (Å²) in [4.78, 5) is 10.5. The first-order valence-electron chi connectivity index (χ1n) is 4.20. The van der Waals surface area contributed by atoms with Crippen LogP contribution in [0, 0.1) is 0 Å². The molecule has 15 heavy (non-hydrogen) atoms. The van der Waals surface area contributed by atoms with Crippen molar-refractivity contribution in [3.8, 4) is 0 Å². The van der Waals surface area contributed by atoms with Gasteiger partial charge in [-0.2, -0.15) is 0 Å². The molecule has 1 unspecified atom stereocenters. The fraction of sp³-hybridized carbons (Fsp3) is 0.375. The van der Waals surface area contributed by atoms with Gasteiger partial charge in [0.2, 0.25) is 0 Å². The number of aromatic nitrogens is 2. The van der Waals surface area contributed by atoms with E-state index in [0.717, 1.165) is 0 Å². The minimum atomic E-state index is -1.11. The molecule has 0 aliphatic heterocycles. The van der Waals surface area contributed by atoms with Crippen molar-refractivity contribution in [2.24, 2.45) is 0 Å². The first kappa shape index (κ1) is 11.6. The number of hydrogen-bond acceptors (Lipinski definition) is 5. The van der Waals surface area contributed by atoms with E-state index >= 15 is 0 Å². The predicted octanol–water partition coefficient (Wildman–Crippen LogP) is -0.0348. The Morgan fingerprint density at radius 2 is 2.27 bits per heavy atom. The Kier molecular flexibility index (Phi) is 4.17. The van der Waals surface area contributed by atoms with Gasteiger partial charge in [0.1, 0.15) is 5.82 Å². The fourth-order valence-electron chi connectivity index (χ4n) is 0.863. The fourth-order valence-corrected chi connectivity index (χ4v) is 1.25. The van der Waals surface area contributed by atoms with Crippen molar-refractivity contribution < 1.29 is 14.1 Å². The Morgan fingerprint density at radius 3 is 2.73 bits per heavy atom. The smallest absolute Gasteiger partial charge is 0.356 e. The number of carboxylic acids is 1. The summed E-state index contributed by atoms with van der Waals surface area (Å²) in [5, 5.41) is 18.6. The topological polar surface area (TPSA) is 92.2 Å². The largest absolute Gasteiger partial charge is 0.476 e. The third-order valence-corrected chi connectivity index (χ3v) is 2.36. The molecule has 0 saturated heterocycles. The molecule has 0 fully saturated rings. The van der Waals surface area contributed by atoms with Crippen LogP contribution < -0.4 is 5.32 Å². The number of anilines is 1. The lowest BCUT2D eigenvalue weighted by atomic mass is 10.4. The van der Waals surface area contributed by atoms with Gasteiger partial charge in [-0.3, -0.25) is 4.21 Å². The molecular formula is C8H11N3O3S. The number of aromatic carboxylic acids is 1. The lowest BCUT2D eigenvalue weighted by Crippen LogP contribution is -2.12. The molecule has 0 saturated carbocycles. The highest BCUT2D eigenvalue weighted by molar-refractivity contribution is 7.84. The summed E-state index contributed by atoms with van der Waals surface area (Å²) in [6, 6.07) is 2.88. The van der Waals surface area contributed by atoms with Crippen LogP contribution in [0.25, 0.3) is 0 Å². The molecule has 0 aliphatic carbocycles. The average Bonchev–Trinajstić information content (AvgIpc) is 2.18. The highest BCUT2D eigenvalue weighted by Gasteiger charge is 2.04. The molecule has 1 heterocycles. The van der Waals surface area contributed by atoms with Crippen LogP contribution in [0.2, 0.25) is 0 Å². The van der Waals surface area contributed by atoms with Gasteiger partial charge in [-0.25, -0.2) is 4.79 Å². The van der Waals surface area contributed by atoms with E-state index in [9.17, 15) is 9.00 Å². The van der Waals surface area contributed by atoms with Gasteiger partial charge in [-0.15, -0.1) is 10.2 Å². The molecule has 6 nitrogen and oxygen atoms in total. The highest BCUT2D eigenvalue weighted by atomic mass is 32.2. The molecule has 1 atom stereocenters. The van der Waals surface area contributed by atoms with Gasteiger partial charge in [0, 0.05) is 29.4 Å². The third kappa shape index (κ3) is 4.03. The zero-order valence-corrected chi connectivity index (χ0v) is 8.95. The number of carbonyl (C=O) groups is 1. The minimum Gasteiger partial charge on any atom is -0.476 e. The molecule has 1 aromatic rings. The molecule has 0 radical (unpaired) electrons. The Balaban J connectivity index is 2.50. The summed E-state index contributed by atoms with van der Waals surface area (Å²) in [7, 11) is -0.856. The molecule has 0 aromatic carbocycles. The number of rotatable bonds is 5. The lowest BCUT2D eigenvalue weighted by molar-refractivity contribution is 0.0689. The van der Waals surface area contributed by atoms with Crippen LogP contribution in [0.5, 0.6) is 0 Å². The first-order chi connectivity index (χ1) is 7.09. The van der Waals surface area contributed by atoms with E-state index in [1.54, 1.807) is 6.26 Å². The van der Waals surface area contributed by atoms with Crippen LogP contribution in [0.3, 0.4) is 0 Å². The molecule has 1 aromatic heterocycles. The van der Waals surface area contributed by atoms with Crippen LogP contribution >= 0.6 is 0 Å². The molecule has 7 heteroatoms. The average molecular weight is 229 g/mol. The molecule has 1 rings (SSSR count). The van der Waals surface area contributed by atoms with Gasteiger partial charge in [-0.05, 0) is 12.1 Å². The van der Waals surface area contributed by atoms with Gasteiger partial charge in [-0.1, -0.05) is 0 Å². The second kappa shape index (κ2) is 5.40. The Morgan fingerprint density at radius 1 is 1.53 bits per heavy atom. The maximum absolute atomic E-state index is 10.7. The zero-order chi connectivity index (χ0) is 11.3. The number of nitrogens with one attached hydrogen (secondary N) is 1. The second-order valence-corrected chi connectivity index (χ2v) is 4.37. The molecule has 0 spiro atoms. The first-order valence-corrected chi connectivity index (χ1v) is 5.93. The monoisotopic (exact) mass is 229 g/mol. The van der Waals surface area contributed by atoms with E-state index in [1.807, 2.05) is 0 Å². The Bertz CT molecular complexity index is 366. The zero-order valence-electron chi connectivity index (χ0n) is 8.14. The standard InChI is InChI=1S/C8H11N3O3S/c1-15(14)5-4-9-7-3-2-6(8(12)13)10-11-7/h2-3H,4-5H2,1H3,(H,9,11)(H,12,13). The van der Waals surface area contributed by atoms with E-state index in [1.165, 1.54) is 12.1 Å². The quantitative estimate of drug-likeness (QED) is 0.736. The predicted molar refractivity (Wildman–Crippen MR) is 56.4 cm³/mol. The Hall–Kier alpha value is -1.50. The van der Waals surface area contributed by atoms with Gasteiger partial charge < -0.3 is 10.4 Å². The van der Waals surface area contributed by atoms with Crippen LogP contribution in [0.4, 0.5) is 5.82 Å². The summed E-state index contributed by atoms with van der Waals surface area (Å²) >= 11 is 0. The summed E-state index contributed by atoms with van der Waals surface area (Å²) in [6.07, 6.45) is 1.61. The number of nitrogens with zero attached hydrogens (tertiary/aromatic N) is 2. The van der Waals surface area contributed by atoms with Crippen LogP contribution in [0.1, 0.15) is 10.5 Å². The molecule has 0 bridgehead atoms. The Labute approximate surface area is 89.2 Å². The second-order valence-electron chi connectivity index (χ2n) is 2.81. The third-order valence-electron chi connectivity index (χ3n) is 1.58. The van der Waals surface area contributed by atoms with Gasteiger partial charge in [0.15, 0.2) is 5.69 Å². The van der Waals surface area contributed by atoms with E-state index in [0.29, 0.717) is 18.1 Å². The van der Waals surface area contributed by atoms with Crippen molar-refractivity contribution in [1.29, 1.82) is 0 Å². The van der Waals surface area contributed by atoms with Crippen molar-refractivity contribution in [1.82, 2.24) is 10.2 Å². The molecular weight excluding hydrogens is 218 g/mol. The minimum absolute atomic E-state index is 0.0976. The van der Waals surface area contributed by atoms with E-state index in [2.05, 4.69) is 15.5 Å². The molecule has 82 valence electrons. The van der Waals surface area contributed by atoms with Gasteiger partial charge in [0.25, 0.3) is 0 Å². The van der Waals surface area contributed by atoms with E-state index < -0.39 is 16.8 Å². The molecule has 0 amide bonds. The van der Waals surface area contributed by atoms with E-state index in [4.69, 9.17) is 5.11 Å². The maximum Gasteiger partial charge on any atom is 0.356 e. The van der Waals surface area contributed by atoms with Crippen molar-refractivity contribution in [3.63, 3.8) is 0 Å². The van der Waals surface area contributed by atoms with Crippen molar-refractivity contribution in [2.75, 3.05) is 23.9 Å². The van der Waals surface area contributed by atoms with Gasteiger partial charge >= 0.3 is 5.97 Å². The molecule has 2 N–H and O–H groups in total. The van der Waals surface area contributed by atoms with Crippen LogP contribution in [-0.2, 0) is 10.8 Å².